The third-order valence-corrected chi connectivity index (χ3v) is 5.72. The number of fused-ring (bicyclic) bond motifs is 1. The number of hydrogen-bond donors (Lipinski definition) is 7. The second-order valence-corrected chi connectivity index (χ2v) is 8.13. The van der Waals surface area contributed by atoms with Crippen molar-refractivity contribution in [1.82, 2.24) is 9.97 Å². The number of nitrogens with zero attached hydrogens (tertiary/aromatic N) is 1. The Morgan fingerprint density at radius 1 is 0.972 bits per heavy atom. The first kappa shape index (κ1) is 24.0. The number of nitrogen functional groups attached to an aromatic ring is 1. The first-order valence-corrected chi connectivity index (χ1v) is 10.6. The van der Waals surface area contributed by atoms with Gasteiger partial charge >= 0.3 is 11.9 Å². The number of carboxylic acid groups (broad SMARTS) is 2. The number of nitrogens with two attached hydrogens (primary N) is 2. The van der Waals surface area contributed by atoms with E-state index in [1.807, 2.05) is 0 Å². The molecule has 0 saturated carbocycles. The molecule has 1 atom stereocenters. The van der Waals surface area contributed by atoms with Crippen LogP contribution in [-0.2, 0) is 9.59 Å². The average Bonchev–Trinajstić information content (AvgIpc) is 3.25. The molecular formula is C25H21N5O6. The van der Waals surface area contributed by atoms with E-state index >= 15 is 0 Å². The summed E-state index contributed by atoms with van der Waals surface area (Å²) in [5.41, 5.74) is 13.3. The summed E-state index contributed by atoms with van der Waals surface area (Å²) < 4.78 is 0. The number of aliphatic carboxylic acids is 2. The number of imidazole rings is 1. The minimum atomic E-state index is -1.42. The van der Waals surface area contributed by atoms with Gasteiger partial charge in [0.05, 0.1) is 28.9 Å². The number of nitrogens with one attached hydrogen (secondary N) is 2. The van der Waals surface area contributed by atoms with Gasteiger partial charge in [-0.3, -0.25) is 19.8 Å². The minimum absolute atomic E-state index is 0.113. The number of phenolic OH excluding ortho intramolecular Hbond substituents is 1. The van der Waals surface area contributed by atoms with Crippen LogP contribution in [0.25, 0.3) is 33.5 Å². The van der Waals surface area contributed by atoms with Gasteiger partial charge in [-0.05, 0) is 53.6 Å². The van der Waals surface area contributed by atoms with E-state index in [0.717, 1.165) is 0 Å². The lowest BCUT2D eigenvalue weighted by atomic mass is 9.89. The standard InChI is InChI=1S/C25H21N5O6/c26-22(27)12-4-5-18-19(9-12)30-24(29-18)17-8-14(16(25(35)36)10-20(31)32)7-15(21(17)33)11-2-1-3-13(6-11)23(28)34/h1-9,16,33H,10H2,(H3,26,27)(H2,28,34)(H,29,30)(H,31,32)(H,35,36). The van der Waals surface area contributed by atoms with E-state index in [1.54, 1.807) is 30.3 Å². The SMILES string of the molecule is N=C(N)c1ccc2[nH]c(-c3cc(C(CC(=O)O)C(=O)O)cc(-c4cccc(C(N)=O)c4)c3O)nc2c1. The molecule has 3 aromatic carbocycles. The number of rotatable bonds is 8. The van der Waals surface area contributed by atoms with Crippen molar-refractivity contribution >= 4 is 34.7 Å². The summed E-state index contributed by atoms with van der Waals surface area (Å²) in [5, 5.41) is 37.9. The van der Waals surface area contributed by atoms with Crippen LogP contribution in [-0.4, -0.2) is 49.0 Å². The number of aromatic amines is 1. The van der Waals surface area contributed by atoms with Crippen LogP contribution in [0, 0.1) is 5.41 Å². The summed E-state index contributed by atoms with van der Waals surface area (Å²) in [4.78, 5) is 42.5. The summed E-state index contributed by atoms with van der Waals surface area (Å²) in [6.07, 6.45) is -0.692. The molecule has 1 amide bonds. The molecule has 182 valence electrons. The summed E-state index contributed by atoms with van der Waals surface area (Å²) >= 11 is 0. The third kappa shape index (κ3) is 4.57. The Labute approximate surface area is 203 Å². The fourth-order valence-electron chi connectivity index (χ4n) is 3.92. The Morgan fingerprint density at radius 2 is 1.69 bits per heavy atom. The highest BCUT2D eigenvalue weighted by Gasteiger charge is 2.27. The fraction of sp³-hybridized carbons (Fsp3) is 0.0800. The molecule has 0 aliphatic carbocycles. The molecule has 11 nitrogen and oxygen atoms in total. The van der Waals surface area contributed by atoms with Crippen molar-refractivity contribution in [2.45, 2.75) is 12.3 Å². The maximum atomic E-state index is 12.0. The highest BCUT2D eigenvalue weighted by atomic mass is 16.4. The van der Waals surface area contributed by atoms with Crippen LogP contribution in [0.3, 0.4) is 0 Å². The number of aromatic hydroxyl groups is 1. The Kier molecular flexibility index (Phi) is 6.13. The van der Waals surface area contributed by atoms with Crippen LogP contribution in [0.15, 0.2) is 54.6 Å². The Bertz CT molecular complexity index is 1560. The monoisotopic (exact) mass is 487 g/mol. The molecule has 4 aromatic rings. The van der Waals surface area contributed by atoms with E-state index in [0.29, 0.717) is 22.2 Å². The van der Waals surface area contributed by atoms with Gasteiger partial charge in [-0.2, -0.15) is 0 Å². The number of primary amides is 1. The van der Waals surface area contributed by atoms with Crippen molar-refractivity contribution in [2.75, 3.05) is 0 Å². The molecule has 0 fully saturated rings. The largest absolute Gasteiger partial charge is 0.507 e. The van der Waals surface area contributed by atoms with Crippen LogP contribution >= 0.6 is 0 Å². The van der Waals surface area contributed by atoms with Crippen LogP contribution in [0.2, 0.25) is 0 Å². The summed E-state index contributed by atoms with van der Waals surface area (Å²) in [6.45, 7) is 0. The maximum absolute atomic E-state index is 12.0. The number of H-pyrrole nitrogens is 1. The van der Waals surface area contributed by atoms with Crippen molar-refractivity contribution in [3.05, 3.63) is 71.3 Å². The second kappa shape index (κ2) is 9.22. The molecule has 0 aliphatic heterocycles. The summed E-state index contributed by atoms with van der Waals surface area (Å²) in [6, 6.07) is 13.7. The van der Waals surface area contributed by atoms with Crippen molar-refractivity contribution in [3.63, 3.8) is 0 Å². The van der Waals surface area contributed by atoms with E-state index < -0.39 is 30.2 Å². The lowest BCUT2D eigenvalue weighted by Crippen LogP contribution is -2.16. The number of benzene rings is 3. The number of hydrogen-bond acceptors (Lipinski definition) is 6. The predicted molar refractivity (Wildman–Crippen MR) is 131 cm³/mol. The Balaban J connectivity index is 1.98. The summed E-state index contributed by atoms with van der Waals surface area (Å²) in [7, 11) is 0. The van der Waals surface area contributed by atoms with Gasteiger partial charge in [0, 0.05) is 16.7 Å². The number of carboxylic acids is 2. The van der Waals surface area contributed by atoms with E-state index in [9.17, 15) is 29.7 Å². The minimum Gasteiger partial charge on any atom is -0.507 e. The quantitative estimate of drug-likeness (QED) is 0.144. The van der Waals surface area contributed by atoms with Gasteiger partial charge in [-0.15, -0.1) is 0 Å². The van der Waals surface area contributed by atoms with E-state index in [1.165, 1.54) is 24.3 Å². The molecule has 36 heavy (non-hydrogen) atoms. The number of carbonyl (C=O) groups excluding carboxylic acids is 1. The smallest absolute Gasteiger partial charge is 0.311 e. The first-order chi connectivity index (χ1) is 17.0. The number of amidine groups is 1. The van der Waals surface area contributed by atoms with E-state index in [-0.39, 0.29) is 39.7 Å². The Morgan fingerprint density at radius 3 is 2.33 bits per heavy atom. The molecule has 1 aromatic heterocycles. The second-order valence-electron chi connectivity index (χ2n) is 8.13. The van der Waals surface area contributed by atoms with Crippen LogP contribution in [0.4, 0.5) is 0 Å². The highest BCUT2D eigenvalue weighted by Crippen LogP contribution is 2.41. The number of phenols is 1. The van der Waals surface area contributed by atoms with Crippen LogP contribution in [0.5, 0.6) is 5.75 Å². The zero-order valence-corrected chi connectivity index (χ0v) is 18.6. The molecule has 0 bridgehead atoms. The Hall–Kier alpha value is -5.19. The molecule has 0 saturated heterocycles. The van der Waals surface area contributed by atoms with Crippen LogP contribution < -0.4 is 11.5 Å². The van der Waals surface area contributed by atoms with E-state index in [2.05, 4.69) is 9.97 Å². The number of aromatic nitrogens is 2. The van der Waals surface area contributed by atoms with Crippen molar-refractivity contribution in [2.24, 2.45) is 11.5 Å². The van der Waals surface area contributed by atoms with Crippen molar-refractivity contribution < 1.29 is 29.7 Å². The predicted octanol–water partition coefficient (Wildman–Crippen LogP) is 2.63. The number of carbonyl (C=O) groups is 3. The molecule has 1 heterocycles. The summed E-state index contributed by atoms with van der Waals surface area (Å²) in [5.74, 6) is -5.03. The van der Waals surface area contributed by atoms with E-state index in [4.69, 9.17) is 16.9 Å². The third-order valence-electron chi connectivity index (χ3n) is 5.72. The fourth-order valence-corrected chi connectivity index (χ4v) is 3.92. The molecular weight excluding hydrogens is 466 g/mol. The number of amides is 1. The van der Waals surface area contributed by atoms with Gasteiger partial charge in [-0.1, -0.05) is 12.1 Å². The van der Waals surface area contributed by atoms with Gasteiger partial charge in [0.2, 0.25) is 5.91 Å². The zero-order chi connectivity index (χ0) is 26.1. The molecule has 0 radical (unpaired) electrons. The van der Waals surface area contributed by atoms with Gasteiger partial charge in [0.25, 0.3) is 0 Å². The van der Waals surface area contributed by atoms with Gasteiger partial charge in [0.15, 0.2) is 0 Å². The molecule has 11 heteroatoms. The molecule has 4 rings (SSSR count). The maximum Gasteiger partial charge on any atom is 0.311 e. The van der Waals surface area contributed by atoms with Gasteiger partial charge < -0.3 is 31.8 Å². The molecule has 9 N–H and O–H groups in total. The zero-order valence-electron chi connectivity index (χ0n) is 18.6. The van der Waals surface area contributed by atoms with Crippen molar-refractivity contribution in [1.29, 1.82) is 5.41 Å². The first-order valence-electron chi connectivity index (χ1n) is 10.6. The average molecular weight is 487 g/mol. The highest BCUT2D eigenvalue weighted by molar-refractivity contribution is 5.99. The normalized spacial score (nSPS) is 11.8. The van der Waals surface area contributed by atoms with Gasteiger partial charge in [0.1, 0.15) is 17.4 Å². The van der Waals surface area contributed by atoms with Gasteiger partial charge in [-0.25, -0.2) is 4.98 Å². The molecule has 0 aliphatic rings. The topological polar surface area (TPSA) is 216 Å². The molecule has 0 spiro atoms. The lowest BCUT2D eigenvalue weighted by molar-refractivity contribution is -0.145. The van der Waals surface area contributed by atoms with Crippen molar-refractivity contribution in [3.8, 4) is 28.3 Å². The molecule has 1 unspecified atom stereocenters. The lowest BCUT2D eigenvalue weighted by Gasteiger charge is -2.16. The van der Waals surface area contributed by atoms with Crippen LogP contribution in [0.1, 0.15) is 33.8 Å².